The largest absolute Gasteiger partial charge is 0.466 e. The summed E-state index contributed by atoms with van der Waals surface area (Å²) in [4.78, 5) is 29.2. The molecular formula is C25H30N2O4. The van der Waals surface area contributed by atoms with Crippen LogP contribution in [-0.2, 0) is 27.2 Å². The predicted octanol–water partition coefficient (Wildman–Crippen LogP) is 4.03. The molecule has 0 spiro atoms. The second-order valence-corrected chi connectivity index (χ2v) is 8.28. The van der Waals surface area contributed by atoms with Crippen LogP contribution < -0.4 is 4.90 Å². The van der Waals surface area contributed by atoms with E-state index in [4.69, 9.17) is 9.47 Å². The third-order valence-electron chi connectivity index (χ3n) is 6.12. The van der Waals surface area contributed by atoms with E-state index in [0.29, 0.717) is 19.1 Å². The number of benzene rings is 2. The first-order valence-electron chi connectivity index (χ1n) is 11.1. The van der Waals surface area contributed by atoms with Crippen LogP contribution in [0, 0.1) is 5.92 Å². The Bertz CT molecular complexity index is 893. The molecule has 6 heteroatoms. The van der Waals surface area contributed by atoms with E-state index < -0.39 is 0 Å². The van der Waals surface area contributed by atoms with Crippen LogP contribution in [0.25, 0.3) is 0 Å². The molecule has 0 saturated carbocycles. The Morgan fingerprint density at radius 2 is 1.77 bits per heavy atom. The average Bonchev–Trinajstić information content (AvgIpc) is 2.79. The molecule has 3 aliphatic rings. The molecule has 0 unspecified atom stereocenters. The van der Waals surface area contributed by atoms with Gasteiger partial charge in [0.1, 0.15) is 6.10 Å². The van der Waals surface area contributed by atoms with Crippen LogP contribution in [-0.4, -0.2) is 49.3 Å². The first-order chi connectivity index (χ1) is 15.1. The molecule has 0 aromatic heterocycles. The molecule has 3 aliphatic heterocycles. The Kier molecular flexibility index (Phi) is 6.87. The highest BCUT2D eigenvalue weighted by atomic mass is 16.6. The average molecular weight is 423 g/mol. The lowest BCUT2D eigenvalue weighted by Crippen LogP contribution is -2.53. The lowest BCUT2D eigenvalue weighted by atomic mass is 9.86. The summed E-state index contributed by atoms with van der Waals surface area (Å²) in [5, 5.41) is 0. The van der Waals surface area contributed by atoms with Crippen molar-refractivity contribution >= 4 is 17.7 Å². The van der Waals surface area contributed by atoms with Crippen molar-refractivity contribution in [1.82, 2.24) is 4.90 Å². The van der Waals surface area contributed by atoms with Gasteiger partial charge >= 0.3 is 12.1 Å². The first-order valence-corrected chi connectivity index (χ1v) is 11.1. The number of amides is 1. The summed E-state index contributed by atoms with van der Waals surface area (Å²) < 4.78 is 11.1. The number of esters is 1. The molecule has 1 atom stereocenters. The Balaban J connectivity index is 1.49. The third-order valence-corrected chi connectivity index (χ3v) is 6.12. The molecule has 31 heavy (non-hydrogen) atoms. The molecule has 3 fully saturated rings. The SMILES string of the molecule is CCOC(=O)Cc1cccc(CN(C(=O)O[C@H]2CN3CCC2CC3)c2ccccc2)c1. The van der Waals surface area contributed by atoms with E-state index in [0.717, 1.165) is 49.3 Å². The molecule has 2 aromatic rings. The van der Waals surface area contributed by atoms with Crippen molar-refractivity contribution < 1.29 is 19.1 Å². The standard InChI is InChI=1S/C25H30N2O4/c1-2-30-24(28)16-19-7-6-8-20(15-19)17-27(22-9-4-3-5-10-22)25(29)31-23-18-26-13-11-21(23)12-14-26/h3-10,15,21,23H,2,11-14,16-18H2,1H3/t23-/m0/s1. The molecule has 2 aromatic carbocycles. The highest BCUT2D eigenvalue weighted by Gasteiger charge is 2.37. The van der Waals surface area contributed by atoms with Gasteiger partial charge in [-0.05, 0) is 62.0 Å². The van der Waals surface area contributed by atoms with Crippen molar-refractivity contribution in [1.29, 1.82) is 0 Å². The van der Waals surface area contributed by atoms with Gasteiger partial charge in [0.2, 0.25) is 0 Å². The van der Waals surface area contributed by atoms with Crippen LogP contribution in [0.15, 0.2) is 54.6 Å². The molecular weight excluding hydrogens is 392 g/mol. The first kappa shape index (κ1) is 21.4. The number of ether oxygens (including phenoxy) is 2. The number of hydrogen-bond acceptors (Lipinski definition) is 5. The van der Waals surface area contributed by atoms with Gasteiger partial charge in [-0.2, -0.15) is 0 Å². The summed E-state index contributed by atoms with van der Waals surface area (Å²) in [5.74, 6) is 0.209. The van der Waals surface area contributed by atoms with Crippen LogP contribution >= 0.6 is 0 Å². The number of piperidine rings is 3. The number of fused-ring (bicyclic) bond motifs is 3. The normalized spacial score (nSPS) is 22.0. The topological polar surface area (TPSA) is 59.1 Å². The maximum absolute atomic E-state index is 13.3. The number of nitrogens with zero attached hydrogens (tertiary/aromatic N) is 2. The van der Waals surface area contributed by atoms with Crippen molar-refractivity contribution in [3.8, 4) is 0 Å². The van der Waals surface area contributed by atoms with Gasteiger partial charge in [-0.15, -0.1) is 0 Å². The lowest BCUT2D eigenvalue weighted by Gasteiger charge is -2.44. The van der Waals surface area contributed by atoms with E-state index in [2.05, 4.69) is 4.90 Å². The molecule has 2 bridgehead atoms. The maximum atomic E-state index is 13.3. The van der Waals surface area contributed by atoms with Crippen molar-refractivity contribution in [2.24, 2.45) is 5.92 Å². The summed E-state index contributed by atoms with van der Waals surface area (Å²) in [6.07, 6.45) is 2.05. The zero-order valence-electron chi connectivity index (χ0n) is 18.0. The van der Waals surface area contributed by atoms with E-state index >= 15 is 0 Å². The number of carbonyl (C=O) groups is 2. The molecule has 3 saturated heterocycles. The van der Waals surface area contributed by atoms with Gasteiger partial charge in [-0.1, -0.05) is 42.5 Å². The summed E-state index contributed by atoms with van der Waals surface area (Å²) in [5.41, 5.74) is 2.61. The number of para-hydroxylation sites is 1. The van der Waals surface area contributed by atoms with Gasteiger partial charge in [-0.25, -0.2) is 4.79 Å². The van der Waals surface area contributed by atoms with Crippen molar-refractivity contribution in [2.45, 2.75) is 38.8 Å². The number of anilines is 1. The second kappa shape index (κ2) is 9.96. The minimum Gasteiger partial charge on any atom is -0.466 e. The lowest BCUT2D eigenvalue weighted by molar-refractivity contribution is -0.142. The monoisotopic (exact) mass is 422 g/mol. The van der Waals surface area contributed by atoms with E-state index in [-0.39, 0.29) is 24.6 Å². The smallest absolute Gasteiger partial charge is 0.414 e. The van der Waals surface area contributed by atoms with Crippen molar-refractivity contribution in [3.05, 3.63) is 65.7 Å². The number of hydrogen-bond donors (Lipinski definition) is 0. The van der Waals surface area contributed by atoms with E-state index in [1.54, 1.807) is 11.8 Å². The molecule has 0 aliphatic carbocycles. The molecule has 0 radical (unpaired) electrons. The van der Waals surface area contributed by atoms with Gasteiger partial charge in [0.25, 0.3) is 0 Å². The molecule has 3 heterocycles. The maximum Gasteiger partial charge on any atom is 0.414 e. The van der Waals surface area contributed by atoms with Gasteiger partial charge in [-0.3, -0.25) is 14.6 Å². The van der Waals surface area contributed by atoms with E-state index in [1.165, 1.54) is 0 Å². The Labute approximate surface area is 183 Å². The summed E-state index contributed by atoms with van der Waals surface area (Å²) in [6, 6.07) is 17.3. The molecule has 6 nitrogen and oxygen atoms in total. The fourth-order valence-corrected chi connectivity index (χ4v) is 4.51. The molecule has 5 rings (SSSR count). The third kappa shape index (κ3) is 5.44. The van der Waals surface area contributed by atoms with Gasteiger partial charge in [0, 0.05) is 12.2 Å². The highest BCUT2D eigenvalue weighted by molar-refractivity contribution is 5.87. The van der Waals surface area contributed by atoms with Crippen molar-refractivity contribution in [3.63, 3.8) is 0 Å². The summed E-state index contributed by atoms with van der Waals surface area (Å²) in [7, 11) is 0. The van der Waals surface area contributed by atoms with Crippen LogP contribution in [0.5, 0.6) is 0 Å². The Hall–Kier alpha value is -2.86. The zero-order chi connectivity index (χ0) is 21.6. The summed E-state index contributed by atoms with van der Waals surface area (Å²) >= 11 is 0. The van der Waals surface area contributed by atoms with Crippen LogP contribution in [0.1, 0.15) is 30.9 Å². The minimum atomic E-state index is -0.319. The van der Waals surface area contributed by atoms with Gasteiger partial charge < -0.3 is 9.47 Å². The predicted molar refractivity (Wildman–Crippen MR) is 119 cm³/mol. The Morgan fingerprint density at radius 3 is 2.45 bits per heavy atom. The van der Waals surface area contributed by atoms with Gasteiger partial charge in [0.15, 0.2) is 0 Å². The number of carbonyl (C=O) groups excluding carboxylic acids is 2. The summed E-state index contributed by atoms with van der Waals surface area (Å²) in [6.45, 7) is 5.58. The van der Waals surface area contributed by atoms with E-state index in [1.807, 2.05) is 54.6 Å². The van der Waals surface area contributed by atoms with Crippen LogP contribution in [0.3, 0.4) is 0 Å². The van der Waals surface area contributed by atoms with Gasteiger partial charge in [0.05, 0.1) is 19.6 Å². The Morgan fingerprint density at radius 1 is 1.03 bits per heavy atom. The fraction of sp³-hybridized carbons (Fsp3) is 0.440. The number of rotatable bonds is 7. The minimum absolute atomic E-state index is 0.0450. The second-order valence-electron chi connectivity index (χ2n) is 8.28. The fourth-order valence-electron chi connectivity index (χ4n) is 4.51. The molecule has 164 valence electrons. The van der Waals surface area contributed by atoms with Crippen LogP contribution in [0.4, 0.5) is 10.5 Å². The highest BCUT2D eigenvalue weighted by Crippen LogP contribution is 2.30. The quantitative estimate of drug-likeness (QED) is 0.631. The molecule has 0 N–H and O–H groups in total. The molecule has 1 amide bonds. The zero-order valence-corrected chi connectivity index (χ0v) is 18.0. The van der Waals surface area contributed by atoms with Crippen LogP contribution in [0.2, 0.25) is 0 Å². The van der Waals surface area contributed by atoms with E-state index in [9.17, 15) is 9.59 Å². The van der Waals surface area contributed by atoms with Crippen molar-refractivity contribution in [2.75, 3.05) is 31.1 Å².